The molecule has 0 aliphatic carbocycles. The molecular weight excluding hydrogens is 462 g/mol. The highest BCUT2D eigenvalue weighted by Crippen LogP contribution is 2.34. The van der Waals surface area contributed by atoms with E-state index >= 15 is 0 Å². The molecular formula is C24H26ClN3O4S. The van der Waals surface area contributed by atoms with Gasteiger partial charge in [0, 0.05) is 12.1 Å². The van der Waals surface area contributed by atoms with Crippen molar-refractivity contribution in [1.29, 1.82) is 0 Å². The Labute approximate surface area is 202 Å². The maximum absolute atomic E-state index is 13.3. The van der Waals surface area contributed by atoms with Crippen LogP contribution in [0.3, 0.4) is 0 Å². The topological polar surface area (TPSA) is 80.2 Å². The first-order chi connectivity index (χ1) is 15.9. The molecule has 0 saturated heterocycles. The molecule has 0 bridgehead atoms. The fraction of sp³-hybridized carbons (Fsp3) is 0.292. The van der Waals surface area contributed by atoms with Gasteiger partial charge in [0.1, 0.15) is 17.2 Å². The summed E-state index contributed by atoms with van der Waals surface area (Å²) < 4.78 is 10.5. The van der Waals surface area contributed by atoms with Gasteiger partial charge in [-0.05, 0) is 49.2 Å². The molecule has 1 aliphatic rings. The molecule has 2 aromatic rings. The number of aliphatic imine (C=N–C) groups is 1. The number of rotatable bonds is 8. The van der Waals surface area contributed by atoms with Crippen LogP contribution in [-0.4, -0.2) is 43.0 Å². The van der Waals surface area contributed by atoms with E-state index in [0.29, 0.717) is 21.6 Å². The third-order valence-electron chi connectivity index (χ3n) is 4.99. The number of nitrogens with one attached hydrogen (secondary N) is 1. The van der Waals surface area contributed by atoms with E-state index in [9.17, 15) is 9.59 Å². The fourth-order valence-electron chi connectivity index (χ4n) is 3.02. The molecule has 3 rings (SSSR count). The zero-order valence-corrected chi connectivity index (χ0v) is 20.5. The van der Waals surface area contributed by atoms with Crippen LogP contribution in [0.1, 0.15) is 25.8 Å². The average molecular weight is 488 g/mol. The van der Waals surface area contributed by atoms with E-state index in [1.165, 1.54) is 23.8 Å². The number of methoxy groups -OCH3 is 2. The first-order valence-electron chi connectivity index (χ1n) is 10.4. The molecule has 2 aromatic carbocycles. The number of hydrogen-bond donors (Lipinski definition) is 1. The number of anilines is 1. The molecule has 1 aliphatic heterocycles. The summed E-state index contributed by atoms with van der Waals surface area (Å²) in [7, 11) is 3.10. The van der Waals surface area contributed by atoms with Crippen molar-refractivity contribution in [3.63, 3.8) is 0 Å². The lowest BCUT2D eigenvalue weighted by molar-refractivity contribution is -0.119. The van der Waals surface area contributed by atoms with Gasteiger partial charge in [0.2, 0.25) is 5.91 Å². The van der Waals surface area contributed by atoms with Crippen LogP contribution in [0.2, 0.25) is 5.02 Å². The smallest absolute Gasteiger partial charge is 0.283 e. The predicted octanol–water partition coefficient (Wildman–Crippen LogP) is 4.75. The van der Waals surface area contributed by atoms with E-state index < -0.39 is 0 Å². The van der Waals surface area contributed by atoms with Gasteiger partial charge in [-0.25, -0.2) is 4.99 Å². The Balaban J connectivity index is 1.92. The summed E-state index contributed by atoms with van der Waals surface area (Å²) in [4.78, 5) is 31.7. The normalized spacial score (nSPS) is 15.4. The molecule has 7 nitrogen and oxygen atoms in total. The monoisotopic (exact) mass is 487 g/mol. The van der Waals surface area contributed by atoms with Crippen LogP contribution in [0.25, 0.3) is 6.08 Å². The largest absolute Gasteiger partial charge is 0.497 e. The van der Waals surface area contributed by atoms with Crippen molar-refractivity contribution < 1.29 is 19.1 Å². The van der Waals surface area contributed by atoms with Crippen molar-refractivity contribution in [3.05, 3.63) is 58.7 Å². The lowest BCUT2D eigenvalue weighted by Gasteiger charge is -2.19. The summed E-state index contributed by atoms with van der Waals surface area (Å²) in [6.07, 6.45) is 2.54. The van der Waals surface area contributed by atoms with E-state index in [4.69, 9.17) is 21.1 Å². The van der Waals surface area contributed by atoms with Gasteiger partial charge in [-0.3, -0.25) is 14.5 Å². The third-order valence-corrected chi connectivity index (χ3v) is 6.24. The summed E-state index contributed by atoms with van der Waals surface area (Å²) in [5.41, 5.74) is 1.61. The molecule has 0 radical (unpaired) electrons. The first-order valence-corrected chi connectivity index (χ1v) is 11.8. The molecule has 0 aromatic heterocycles. The minimum Gasteiger partial charge on any atom is -0.497 e. The Bertz CT molecular complexity index is 1090. The van der Waals surface area contributed by atoms with E-state index in [1.807, 2.05) is 38.1 Å². The van der Waals surface area contributed by atoms with Crippen LogP contribution in [-0.2, 0) is 9.59 Å². The lowest BCUT2D eigenvalue weighted by atomic mass is 10.2. The highest BCUT2D eigenvalue weighted by atomic mass is 35.5. The van der Waals surface area contributed by atoms with Crippen LogP contribution in [0, 0.1) is 0 Å². The van der Waals surface area contributed by atoms with Crippen LogP contribution >= 0.6 is 23.4 Å². The highest BCUT2D eigenvalue weighted by molar-refractivity contribution is 8.14. The van der Waals surface area contributed by atoms with Crippen molar-refractivity contribution in [2.45, 2.75) is 26.3 Å². The number of thioether (sulfide) groups is 1. The van der Waals surface area contributed by atoms with Crippen molar-refractivity contribution >= 4 is 52.1 Å². The van der Waals surface area contributed by atoms with Gasteiger partial charge in [0.05, 0.1) is 30.7 Å². The third kappa shape index (κ3) is 6.09. The van der Waals surface area contributed by atoms with Gasteiger partial charge in [-0.2, -0.15) is 0 Å². The number of benzene rings is 2. The lowest BCUT2D eigenvalue weighted by Crippen LogP contribution is -2.35. The van der Waals surface area contributed by atoms with Crippen LogP contribution < -0.4 is 19.7 Å². The van der Waals surface area contributed by atoms with Gasteiger partial charge >= 0.3 is 0 Å². The Morgan fingerprint density at radius 2 is 1.94 bits per heavy atom. The van der Waals surface area contributed by atoms with Gasteiger partial charge in [0.15, 0.2) is 5.17 Å². The zero-order chi connectivity index (χ0) is 24.0. The summed E-state index contributed by atoms with van der Waals surface area (Å²) in [6, 6.07) is 12.4. The zero-order valence-electron chi connectivity index (χ0n) is 18.9. The van der Waals surface area contributed by atoms with Gasteiger partial charge in [-0.1, -0.05) is 42.4 Å². The Hall–Kier alpha value is -2.97. The predicted molar refractivity (Wildman–Crippen MR) is 134 cm³/mol. The molecule has 1 N–H and O–H groups in total. The Morgan fingerprint density at radius 1 is 1.21 bits per heavy atom. The van der Waals surface area contributed by atoms with Gasteiger partial charge in [-0.15, -0.1) is 0 Å². The molecule has 174 valence electrons. The molecule has 0 saturated carbocycles. The highest BCUT2D eigenvalue weighted by Gasteiger charge is 2.33. The van der Waals surface area contributed by atoms with Gasteiger partial charge in [0.25, 0.3) is 5.91 Å². The van der Waals surface area contributed by atoms with E-state index in [2.05, 4.69) is 10.3 Å². The first kappa shape index (κ1) is 24.7. The van der Waals surface area contributed by atoms with E-state index in [0.717, 1.165) is 17.7 Å². The molecule has 0 spiro atoms. The number of hydrogen-bond acceptors (Lipinski definition) is 6. The van der Waals surface area contributed by atoms with Crippen LogP contribution in [0.4, 0.5) is 5.69 Å². The fourth-order valence-corrected chi connectivity index (χ4v) is 4.03. The summed E-state index contributed by atoms with van der Waals surface area (Å²) in [5, 5.41) is 3.76. The standard InChI is InChI=1S/C24H26ClN3O4S/c1-5-15(2)26-22(29)14-33-24-27-20(12-16-6-9-18(31-3)10-7-16)23(30)28(24)17-8-11-19(25)21(13-17)32-4/h6-13,15H,5,14H2,1-4H3,(H,26,29)/b20-12-. The number of carbonyl (C=O) groups excluding carboxylic acids is 2. The number of ether oxygens (including phenoxy) is 2. The average Bonchev–Trinajstić information content (AvgIpc) is 3.13. The van der Waals surface area contributed by atoms with Crippen molar-refractivity contribution in [2.75, 3.05) is 24.9 Å². The Kier molecular flexibility index (Phi) is 8.41. The van der Waals surface area contributed by atoms with Crippen LogP contribution in [0.5, 0.6) is 11.5 Å². The molecule has 33 heavy (non-hydrogen) atoms. The quantitative estimate of drug-likeness (QED) is 0.543. The molecule has 2 amide bonds. The number of carbonyl (C=O) groups is 2. The van der Waals surface area contributed by atoms with Gasteiger partial charge < -0.3 is 14.8 Å². The van der Waals surface area contributed by atoms with Crippen molar-refractivity contribution in [1.82, 2.24) is 5.32 Å². The number of nitrogens with zero attached hydrogens (tertiary/aromatic N) is 2. The minimum atomic E-state index is -0.306. The molecule has 0 fully saturated rings. The maximum atomic E-state index is 13.3. The van der Waals surface area contributed by atoms with Crippen LogP contribution in [0.15, 0.2) is 53.2 Å². The second kappa shape index (κ2) is 11.2. The SMILES string of the molecule is CCC(C)NC(=O)CSC1=N/C(=C\c2ccc(OC)cc2)C(=O)N1c1ccc(Cl)c(OC)c1. The van der Waals surface area contributed by atoms with Crippen molar-refractivity contribution in [3.8, 4) is 11.5 Å². The molecule has 9 heteroatoms. The maximum Gasteiger partial charge on any atom is 0.283 e. The molecule has 1 heterocycles. The van der Waals surface area contributed by atoms with Crippen molar-refractivity contribution in [2.24, 2.45) is 4.99 Å². The second-order valence-electron chi connectivity index (χ2n) is 7.32. The van der Waals surface area contributed by atoms with E-state index in [1.54, 1.807) is 31.4 Å². The number of amides is 2. The minimum absolute atomic E-state index is 0.0763. The second-order valence-corrected chi connectivity index (χ2v) is 8.67. The number of amidine groups is 1. The molecule has 1 unspecified atom stereocenters. The summed E-state index contributed by atoms with van der Waals surface area (Å²) in [5.74, 6) is 0.865. The summed E-state index contributed by atoms with van der Waals surface area (Å²) >= 11 is 7.36. The van der Waals surface area contributed by atoms with E-state index in [-0.39, 0.29) is 29.3 Å². The Morgan fingerprint density at radius 3 is 2.58 bits per heavy atom. The number of halogens is 1. The summed E-state index contributed by atoms with van der Waals surface area (Å²) in [6.45, 7) is 3.95. The molecule has 1 atom stereocenters.